The molecular formula is C12H19NO4. The van der Waals surface area contributed by atoms with Gasteiger partial charge in [0, 0.05) is 24.3 Å². The Kier molecular flexibility index (Phi) is 4.20. The Bertz CT molecular complexity index is 365. The number of hydrogen-bond donors (Lipinski definition) is 3. The molecule has 1 rings (SSSR count). The lowest BCUT2D eigenvalue weighted by atomic mass is 9.88. The lowest BCUT2D eigenvalue weighted by Crippen LogP contribution is -2.35. The van der Waals surface area contributed by atoms with E-state index in [0.717, 1.165) is 0 Å². The van der Waals surface area contributed by atoms with Gasteiger partial charge >= 0.3 is 0 Å². The van der Waals surface area contributed by atoms with Crippen LogP contribution in [-0.4, -0.2) is 31.0 Å². The van der Waals surface area contributed by atoms with Gasteiger partial charge in [-0.25, -0.2) is 0 Å². The highest BCUT2D eigenvalue weighted by Gasteiger charge is 2.29. The summed E-state index contributed by atoms with van der Waals surface area (Å²) in [6, 6.07) is 2.95. The Balaban J connectivity index is 3.37. The van der Waals surface area contributed by atoms with Crippen molar-refractivity contribution in [3.05, 3.63) is 17.7 Å². The normalized spacial score (nSPS) is 14.2. The first-order valence-electron chi connectivity index (χ1n) is 5.31. The van der Waals surface area contributed by atoms with Gasteiger partial charge in [-0.15, -0.1) is 0 Å². The molecule has 1 aromatic rings. The van der Waals surface area contributed by atoms with E-state index in [4.69, 9.17) is 20.3 Å². The van der Waals surface area contributed by atoms with Crippen LogP contribution >= 0.6 is 0 Å². The van der Waals surface area contributed by atoms with Gasteiger partial charge in [-0.05, 0) is 13.3 Å². The van der Waals surface area contributed by atoms with Gasteiger partial charge in [0.15, 0.2) is 0 Å². The number of nitrogens with two attached hydrogens (primary N) is 1. The first kappa shape index (κ1) is 13.6. The van der Waals surface area contributed by atoms with E-state index in [2.05, 4.69) is 0 Å². The number of phenols is 1. The number of phenolic OH excluding ortho intramolecular Hbond substituents is 1. The third-order valence-electron chi connectivity index (χ3n) is 2.69. The van der Waals surface area contributed by atoms with Gasteiger partial charge in [0.2, 0.25) is 0 Å². The van der Waals surface area contributed by atoms with Gasteiger partial charge < -0.3 is 25.4 Å². The predicted octanol–water partition coefficient (Wildman–Crippen LogP) is 0.966. The first-order chi connectivity index (χ1) is 7.96. The summed E-state index contributed by atoms with van der Waals surface area (Å²) < 4.78 is 10.4. The summed E-state index contributed by atoms with van der Waals surface area (Å²) in [4.78, 5) is 0. The van der Waals surface area contributed by atoms with E-state index in [0.29, 0.717) is 23.5 Å². The first-order valence-corrected chi connectivity index (χ1v) is 5.31. The standard InChI is InChI=1S/C12H19NO4/c1-12(13,4-5-14)11-9(16-2)6-8(15)7-10(11)17-3/h6-7,14-15H,4-5,13H2,1-3H3. The summed E-state index contributed by atoms with van der Waals surface area (Å²) >= 11 is 0. The minimum Gasteiger partial charge on any atom is -0.508 e. The van der Waals surface area contributed by atoms with Crippen LogP contribution in [-0.2, 0) is 5.54 Å². The van der Waals surface area contributed by atoms with Gasteiger partial charge in [0.05, 0.1) is 19.8 Å². The van der Waals surface area contributed by atoms with Gasteiger partial charge in [-0.1, -0.05) is 0 Å². The van der Waals surface area contributed by atoms with E-state index in [1.807, 2.05) is 0 Å². The number of aliphatic hydroxyl groups excluding tert-OH is 1. The number of ether oxygens (including phenoxy) is 2. The van der Waals surface area contributed by atoms with Crippen LogP contribution in [0, 0.1) is 0 Å². The lowest BCUT2D eigenvalue weighted by molar-refractivity contribution is 0.240. The van der Waals surface area contributed by atoms with Crippen molar-refractivity contribution in [2.45, 2.75) is 18.9 Å². The second-order valence-electron chi connectivity index (χ2n) is 4.12. The quantitative estimate of drug-likeness (QED) is 0.715. The zero-order chi connectivity index (χ0) is 13.1. The topological polar surface area (TPSA) is 84.9 Å². The summed E-state index contributed by atoms with van der Waals surface area (Å²) in [6.45, 7) is 1.74. The number of rotatable bonds is 5. The number of hydrogen-bond acceptors (Lipinski definition) is 5. The second kappa shape index (κ2) is 5.25. The number of methoxy groups -OCH3 is 2. The SMILES string of the molecule is COc1cc(O)cc(OC)c1C(C)(N)CCO. The zero-order valence-electron chi connectivity index (χ0n) is 10.4. The average Bonchev–Trinajstić information content (AvgIpc) is 2.27. The molecule has 0 heterocycles. The molecule has 4 N–H and O–H groups in total. The molecule has 0 radical (unpaired) electrons. The fourth-order valence-electron chi connectivity index (χ4n) is 1.82. The number of aliphatic hydroxyl groups is 1. The van der Waals surface area contributed by atoms with E-state index in [1.54, 1.807) is 6.92 Å². The van der Waals surface area contributed by atoms with Crippen molar-refractivity contribution in [3.63, 3.8) is 0 Å². The van der Waals surface area contributed by atoms with Crippen LogP contribution < -0.4 is 15.2 Å². The Hall–Kier alpha value is -1.46. The van der Waals surface area contributed by atoms with E-state index in [1.165, 1.54) is 26.4 Å². The van der Waals surface area contributed by atoms with Crippen LogP contribution in [0.2, 0.25) is 0 Å². The van der Waals surface area contributed by atoms with Crippen molar-refractivity contribution < 1.29 is 19.7 Å². The highest BCUT2D eigenvalue weighted by atomic mass is 16.5. The van der Waals surface area contributed by atoms with Crippen LogP contribution in [0.15, 0.2) is 12.1 Å². The Morgan fingerprint density at radius 2 is 1.71 bits per heavy atom. The summed E-state index contributed by atoms with van der Waals surface area (Å²) in [5.41, 5.74) is 5.99. The maximum Gasteiger partial charge on any atom is 0.131 e. The van der Waals surface area contributed by atoms with Crippen molar-refractivity contribution in [1.29, 1.82) is 0 Å². The van der Waals surface area contributed by atoms with E-state index in [-0.39, 0.29) is 12.4 Å². The van der Waals surface area contributed by atoms with E-state index < -0.39 is 5.54 Å². The van der Waals surface area contributed by atoms with Crippen LogP contribution in [0.5, 0.6) is 17.2 Å². The van der Waals surface area contributed by atoms with Gasteiger partial charge in [-0.3, -0.25) is 0 Å². The number of aromatic hydroxyl groups is 1. The molecule has 17 heavy (non-hydrogen) atoms. The Morgan fingerprint density at radius 3 is 2.06 bits per heavy atom. The molecule has 96 valence electrons. The maximum absolute atomic E-state index is 9.53. The molecule has 0 spiro atoms. The third kappa shape index (κ3) is 2.81. The molecule has 0 fully saturated rings. The van der Waals surface area contributed by atoms with Crippen LogP contribution in [0.4, 0.5) is 0 Å². The molecule has 5 heteroatoms. The van der Waals surface area contributed by atoms with Gasteiger partial charge in [-0.2, -0.15) is 0 Å². The highest BCUT2D eigenvalue weighted by Crippen LogP contribution is 2.40. The zero-order valence-corrected chi connectivity index (χ0v) is 10.4. The van der Waals surface area contributed by atoms with Crippen molar-refractivity contribution >= 4 is 0 Å². The van der Waals surface area contributed by atoms with Crippen molar-refractivity contribution in [2.75, 3.05) is 20.8 Å². The van der Waals surface area contributed by atoms with E-state index >= 15 is 0 Å². The fourth-order valence-corrected chi connectivity index (χ4v) is 1.82. The predicted molar refractivity (Wildman–Crippen MR) is 64.5 cm³/mol. The van der Waals surface area contributed by atoms with Crippen molar-refractivity contribution in [1.82, 2.24) is 0 Å². The van der Waals surface area contributed by atoms with Crippen molar-refractivity contribution in [2.24, 2.45) is 5.73 Å². The molecule has 1 unspecified atom stereocenters. The van der Waals surface area contributed by atoms with Gasteiger partial charge in [0.25, 0.3) is 0 Å². The monoisotopic (exact) mass is 241 g/mol. The average molecular weight is 241 g/mol. The van der Waals surface area contributed by atoms with Crippen LogP contribution in [0.25, 0.3) is 0 Å². The summed E-state index contributed by atoms with van der Waals surface area (Å²) in [7, 11) is 2.99. The molecule has 0 aliphatic carbocycles. The fraction of sp³-hybridized carbons (Fsp3) is 0.500. The molecule has 0 aliphatic rings. The molecule has 0 amide bonds. The lowest BCUT2D eigenvalue weighted by Gasteiger charge is -2.28. The highest BCUT2D eigenvalue weighted by molar-refractivity contribution is 5.53. The van der Waals surface area contributed by atoms with Crippen LogP contribution in [0.3, 0.4) is 0 Å². The Morgan fingerprint density at radius 1 is 1.24 bits per heavy atom. The second-order valence-corrected chi connectivity index (χ2v) is 4.12. The molecular weight excluding hydrogens is 222 g/mol. The Labute approximate surface area is 101 Å². The summed E-state index contributed by atoms with van der Waals surface area (Å²) in [5.74, 6) is 0.933. The smallest absolute Gasteiger partial charge is 0.131 e. The minimum atomic E-state index is -0.793. The molecule has 0 saturated heterocycles. The van der Waals surface area contributed by atoms with Crippen molar-refractivity contribution in [3.8, 4) is 17.2 Å². The van der Waals surface area contributed by atoms with Crippen LogP contribution in [0.1, 0.15) is 18.9 Å². The largest absolute Gasteiger partial charge is 0.508 e. The summed E-state index contributed by atoms with van der Waals surface area (Å²) in [5, 5.41) is 18.6. The molecule has 5 nitrogen and oxygen atoms in total. The third-order valence-corrected chi connectivity index (χ3v) is 2.69. The number of benzene rings is 1. The molecule has 1 aromatic carbocycles. The molecule has 1 atom stereocenters. The van der Waals surface area contributed by atoms with E-state index in [9.17, 15) is 5.11 Å². The maximum atomic E-state index is 9.53. The van der Waals surface area contributed by atoms with Gasteiger partial charge in [0.1, 0.15) is 17.2 Å². The molecule has 0 aliphatic heterocycles. The molecule has 0 bridgehead atoms. The minimum absolute atomic E-state index is 0.0415. The molecule has 0 aromatic heterocycles. The summed E-state index contributed by atoms with van der Waals surface area (Å²) in [6.07, 6.45) is 0.366. The molecule has 0 saturated carbocycles.